The van der Waals surface area contributed by atoms with Gasteiger partial charge in [-0.3, -0.25) is 9.69 Å². The molecular weight excluding hydrogens is 428 g/mol. The number of rotatable bonds is 8. The SMILES string of the molecule is CCC(c1nnnn1C1CCCC1)N(Cc1ccco1)Cc1cc2cc(C)c(C)cc2[nH]c1=O. The minimum absolute atomic E-state index is 0.0458. The van der Waals surface area contributed by atoms with Crippen LogP contribution < -0.4 is 5.56 Å². The number of nitrogens with zero attached hydrogens (tertiary/aromatic N) is 5. The van der Waals surface area contributed by atoms with Crippen molar-refractivity contribution in [3.8, 4) is 0 Å². The van der Waals surface area contributed by atoms with Crippen LogP contribution in [0.25, 0.3) is 10.9 Å². The monoisotopic (exact) mass is 460 g/mol. The molecule has 1 aliphatic rings. The molecule has 0 radical (unpaired) electrons. The number of nitrogens with one attached hydrogen (secondary N) is 1. The molecule has 1 aromatic carbocycles. The van der Waals surface area contributed by atoms with Crippen molar-refractivity contribution >= 4 is 10.9 Å². The van der Waals surface area contributed by atoms with Crippen LogP contribution in [0.5, 0.6) is 0 Å². The number of pyridine rings is 1. The van der Waals surface area contributed by atoms with Crippen LogP contribution in [0.15, 0.2) is 45.8 Å². The number of hydrogen-bond donors (Lipinski definition) is 1. The molecule has 1 N–H and O–H groups in total. The van der Waals surface area contributed by atoms with Crippen LogP contribution in [-0.2, 0) is 13.1 Å². The lowest BCUT2D eigenvalue weighted by Crippen LogP contribution is -2.32. The zero-order chi connectivity index (χ0) is 23.7. The van der Waals surface area contributed by atoms with Crippen LogP contribution in [-0.4, -0.2) is 30.1 Å². The molecule has 34 heavy (non-hydrogen) atoms. The van der Waals surface area contributed by atoms with Gasteiger partial charge < -0.3 is 9.40 Å². The number of tetrazole rings is 1. The van der Waals surface area contributed by atoms with E-state index in [1.807, 2.05) is 28.9 Å². The average Bonchev–Trinajstić information content (AvgIpc) is 3.59. The van der Waals surface area contributed by atoms with Gasteiger partial charge in [0, 0.05) is 17.6 Å². The van der Waals surface area contributed by atoms with E-state index in [-0.39, 0.29) is 11.6 Å². The Bertz CT molecular complexity index is 1320. The maximum absolute atomic E-state index is 13.1. The van der Waals surface area contributed by atoms with Crippen molar-refractivity contribution in [3.05, 3.63) is 75.2 Å². The first kappa shape index (κ1) is 22.5. The summed E-state index contributed by atoms with van der Waals surface area (Å²) in [4.78, 5) is 18.4. The van der Waals surface area contributed by atoms with E-state index in [1.54, 1.807) is 6.26 Å². The summed E-state index contributed by atoms with van der Waals surface area (Å²) >= 11 is 0. The van der Waals surface area contributed by atoms with E-state index in [0.29, 0.717) is 19.1 Å². The molecule has 0 aliphatic heterocycles. The van der Waals surface area contributed by atoms with Gasteiger partial charge in [0.1, 0.15) is 5.76 Å². The predicted octanol–water partition coefficient (Wildman–Crippen LogP) is 4.99. The molecule has 0 amide bonds. The third kappa shape index (κ3) is 4.42. The van der Waals surface area contributed by atoms with Crippen LogP contribution in [0.3, 0.4) is 0 Å². The first-order chi connectivity index (χ1) is 16.5. The van der Waals surface area contributed by atoms with Crippen molar-refractivity contribution in [2.24, 2.45) is 0 Å². The Morgan fingerprint density at radius 2 is 1.97 bits per heavy atom. The van der Waals surface area contributed by atoms with Gasteiger partial charge in [-0.05, 0) is 90.4 Å². The molecule has 1 unspecified atom stereocenters. The first-order valence-corrected chi connectivity index (χ1v) is 12.2. The summed E-state index contributed by atoms with van der Waals surface area (Å²) in [5.74, 6) is 1.71. The highest BCUT2D eigenvalue weighted by atomic mass is 16.3. The Balaban J connectivity index is 1.53. The Morgan fingerprint density at radius 1 is 1.18 bits per heavy atom. The lowest BCUT2D eigenvalue weighted by Gasteiger charge is -2.30. The number of aromatic amines is 1. The topological polar surface area (TPSA) is 92.8 Å². The van der Waals surface area contributed by atoms with Gasteiger partial charge in [0.25, 0.3) is 5.56 Å². The number of H-pyrrole nitrogens is 1. The third-order valence-electron chi connectivity index (χ3n) is 7.16. The normalized spacial score (nSPS) is 15.5. The molecule has 178 valence electrons. The van der Waals surface area contributed by atoms with Gasteiger partial charge in [0.05, 0.1) is 24.9 Å². The fraction of sp³-hybridized carbons (Fsp3) is 0.462. The zero-order valence-corrected chi connectivity index (χ0v) is 20.1. The summed E-state index contributed by atoms with van der Waals surface area (Å²) in [7, 11) is 0. The largest absolute Gasteiger partial charge is 0.468 e. The van der Waals surface area contributed by atoms with Gasteiger partial charge >= 0.3 is 0 Å². The van der Waals surface area contributed by atoms with Crippen LogP contribution >= 0.6 is 0 Å². The molecule has 4 aromatic rings. The number of benzene rings is 1. The van der Waals surface area contributed by atoms with Crippen molar-refractivity contribution in [1.82, 2.24) is 30.1 Å². The van der Waals surface area contributed by atoms with Gasteiger partial charge in [-0.2, -0.15) is 0 Å². The summed E-state index contributed by atoms with van der Waals surface area (Å²) in [5.41, 5.74) is 3.90. The van der Waals surface area contributed by atoms with E-state index < -0.39 is 0 Å². The predicted molar refractivity (Wildman–Crippen MR) is 130 cm³/mol. The molecule has 0 saturated heterocycles. The van der Waals surface area contributed by atoms with Crippen molar-refractivity contribution < 1.29 is 4.42 Å². The number of hydrogen-bond acceptors (Lipinski definition) is 6. The standard InChI is InChI=1S/C26H32N6O2/c1-4-24(25-28-29-30-32(25)21-8-5-6-9-21)31(16-22-10-7-11-34-22)15-20-14-19-12-17(2)18(3)13-23(19)27-26(20)33/h7,10-14,21,24H,4-6,8-9,15-16H2,1-3H3,(H,27,33). The van der Waals surface area contributed by atoms with Gasteiger partial charge in [0.2, 0.25) is 0 Å². The van der Waals surface area contributed by atoms with Gasteiger partial charge in [0.15, 0.2) is 5.82 Å². The van der Waals surface area contributed by atoms with Crippen molar-refractivity contribution in [3.63, 3.8) is 0 Å². The summed E-state index contributed by atoms with van der Waals surface area (Å²) < 4.78 is 7.71. The van der Waals surface area contributed by atoms with Crippen LogP contribution in [0.1, 0.15) is 79.4 Å². The second kappa shape index (κ2) is 9.54. The van der Waals surface area contributed by atoms with Crippen molar-refractivity contribution in [2.45, 2.75) is 78.0 Å². The first-order valence-electron chi connectivity index (χ1n) is 12.2. The smallest absolute Gasteiger partial charge is 0.252 e. The molecule has 3 heterocycles. The maximum atomic E-state index is 13.1. The minimum Gasteiger partial charge on any atom is -0.468 e. The van der Waals surface area contributed by atoms with Crippen LogP contribution in [0, 0.1) is 13.8 Å². The van der Waals surface area contributed by atoms with E-state index in [2.05, 4.69) is 52.2 Å². The molecule has 3 aromatic heterocycles. The molecule has 1 aliphatic carbocycles. The van der Waals surface area contributed by atoms with E-state index >= 15 is 0 Å². The summed E-state index contributed by atoms with van der Waals surface area (Å²) in [6, 6.07) is 10.4. The average molecular weight is 461 g/mol. The lowest BCUT2D eigenvalue weighted by atomic mass is 10.0. The van der Waals surface area contributed by atoms with Gasteiger partial charge in [-0.25, -0.2) is 4.68 Å². The van der Waals surface area contributed by atoms with Crippen LogP contribution in [0.2, 0.25) is 0 Å². The minimum atomic E-state index is -0.0644. The number of aryl methyl sites for hydroxylation is 2. The number of furan rings is 1. The number of aromatic nitrogens is 5. The quantitative estimate of drug-likeness (QED) is 0.398. The Kier molecular flexibility index (Phi) is 6.32. The Labute approximate surface area is 199 Å². The summed E-state index contributed by atoms with van der Waals surface area (Å²) in [5, 5.41) is 13.9. The molecule has 8 heteroatoms. The fourth-order valence-corrected chi connectivity index (χ4v) is 5.17. The Hall–Kier alpha value is -3.26. The number of fused-ring (bicyclic) bond motifs is 1. The Morgan fingerprint density at radius 3 is 2.71 bits per heavy atom. The highest BCUT2D eigenvalue weighted by Gasteiger charge is 2.30. The van der Waals surface area contributed by atoms with E-state index in [0.717, 1.165) is 47.3 Å². The van der Waals surface area contributed by atoms with Crippen LogP contribution in [0.4, 0.5) is 0 Å². The third-order valence-corrected chi connectivity index (χ3v) is 7.16. The van der Waals surface area contributed by atoms with E-state index in [1.165, 1.54) is 24.0 Å². The second-order valence-corrected chi connectivity index (χ2v) is 9.48. The lowest BCUT2D eigenvalue weighted by molar-refractivity contribution is 0.146. The van der Waals surface area contributed by atoms with E-state index in [9.17, 15) is 4.79 Å². The maximum Gasteiger partial charge on any atom is 0.252 e. The molecule has 1 atom stereocenters. The second-order valence-electron chi connectivity index (χ2n) is 9.48. The van der Waals surface area contributed by atoms with Crippen molar-refractivity contribution in [1.29, 1.82) is 0 Å². The highest BCUT2D eigenvalue weighted by Crippen LogP contribution is 2.33. The molecule has 0 bridgehead atoms. The molecular formula is C26H32N6O2. The molecule has 1 saturated carbocycles. The van der Waals surface area contributed by atoms with Crippen molar-refractivity contribution in [2.75, 3.05) is 0 Å². The fourth-order valence-electron chi connectivity index (χ4n) is 5.17. The van der Waals surface area contributed by atoms with Gasteiger partial charge in [-0.1, -0.05) is 19.8 Å². The summed E-state index contributed by atoms with van der Waals surface area (Å²) in [6.45, 7) is 7.33. The zero-order valence-electron chi connectivity index (χ0n) is 20.1. The molecule has 0 spiro atoms. The molecule has 5 rings (SSSR count). The highest BCUT2D eigenvalue weighted by molar-refractivity contribution is 5.80. The molecule has 8 nitrogen and oxygen atoms in total. The molecule has 1 fully saturated rings. The van der Waals surface area contributed by atoms with E-state index in [4.69, 9.17) is 4.42 Å². The van der Waals surface area contributed by atoms with Gasteiger partial charge in [-0.15, -0.1) is 5.10 Å². The summed E-state index contributed by atoms with van der Waals surface area (Å²) in [6.07, 6.45) is 7.14.